The maximum absolute atomic E-state index is 13.2. The largest absolute Gasteiger partial charge is 0.223 e. The summed E-state index contributed by atoms with van der Waals surface area (Å²) >= 11 is 0. The second kappa shape index (κ2) is 8.43. The first-order valence-corrected chi connectivity index (χ1v) is 11.8. The van der Waals surface area contributed by atoms with Gasteiger partial charge in [0.05, 0.1) is 32.1 Å². The number of benzene rings is 3. The van der Waals surface area contributed by atoms with Gasteiger partial charge in [-0.3, -0.25) is 0 Å². The van der Waals surface area contributed by atoms with Gasteiger partial charge in [0, 0.05) is 0 Å². The number of rotatable bonds is 6. The third-order valence-corrected chi connectivity index (χ3v) is 7.94. The van der Waals surface area contributed by atoms with E-state index in [1.165, 1.54) is 30.3 Å². The summed E-state index contributed by atoms with van der Waals surface area (Å²) in [5, 5.41) is 9.31. The van der Waals surface area contributed by atoms with E-state index >= 15 is 0 Å². The lowest BCUT2D eigenvalue weighted by Gasteiger charge is -2.11. The monoisotopic (exact) mass is 423 g/mol. The fourth-order valence-electron chi connectivity index (χ4n) is 2.74. The van der Waals surface area contributed by atoms with Gasteiger partial charge in [0.1, 0.15) is 0 Å². The lowest BCUT2D eigenvalue weighted by molar-refractivity contribution is 0.593. The quantitative estimate of drug-likeness (QED) is 0.600. The zero-order valence-corrected chi connectivity index (χ0v) is 16.9. The van der Waals surface area contributed by atoms with E-state index in [2.05, 4.69) is 0 Å². The summed E-state index contributed by atoms with van der Waals surface area (Å²) in [7, 11) is -8.01. The molecule has 0 fully saturated rings. The zero-order valence-electron chi connectivity index (χ0n) is 15.3. The molecule has 0 unspecified atom stereocenters. The number of nitriles is 1. The fourth-order valence-corrected chi connectivity index (χ4v) is 6.13. The van der Waals surface area contributed by atoms with Crippen molar-refractivity contribution in [3.63, 3.8) is 0 Å². The van der Waals surface area contributed by atoms with Crippen LogP contribution >= 0.6 is 0 Å². The molecular weight excluding hydrogens is 406 g/mol. The Morgan fingerprint density at radius 2 is 1.28 bits per heavy atom. The van der Waals surface area contributed by atoms with Gasteiger partial charge in [0.25, 0.3) is 0 Å². The molecule has 146 valence electrons. The van der Waals surface area contributed by atoms with Crippen LogP contribution < -0.4 is 0 Å². The van der Waals surface area contributed by atoms with Crippen molar-refractivity contribution in [1.29, 1.82) is 5.26 Å². The summed E-state index contributed by atoms with van der Waals surface area (Å²) in [6.07, 6.45) is 1.27. The van der Waals surface area contributed by atoms with Crippen LogP contribution in [0, 0.1) is 11.3 Å². The maximum atomic E-state index is 13.2. The molecule has 0 spiro atoms. The molecule has 0 heterocycles. The van der Waals surface area contributed by atoms with Crippen LogP contribution in [0.4, 0.5) is 0 Å². The van der Waals surface area contributed by atoms with Crippen molar-refractivity contribution in [3.05, 3.63) is 101 Å². The van der Waals surface area contributed by atoms with Crippen LogP contribution in [0.5, 0.6) is 0 Å². The SMILES string of the molecule is N#Cc1ccccc1/C=C(\CS(=O)(=O)c1ccccc1)S(=O)(=O)c1ccccc1. The Morgan fingerprint density at radius 1 is 0.759 bits per heavy atom. The number of sulfone groups is 2. The Kier molecular flexibility index (Phi) is 5.97. The normalized spacial score (nSPS) is 12.3. The first kappa shape index (κ1) is 20.5. The predicted molar refractivity (Wildman–Crippen MR) is 111 cm³/mol. The Bertz CT molecular complexity index is 1290. The molecule has 7 heteroatoms. The highest BCUT2D eigenvalue weighted by atomic mass is 32.2. The number of nitrogens with zero attached hydrogens (tertiary/aromatic N) is 1. The molecule has 29 heavy (non-hydrogen) atoms. The second-order valence-corrected chi connectivity index (χ2v) is 10.2. The predicted octanol–water partition coefficient (Wildman–Crippen LogP) is 3.85. The Balaban J connectivity index is 2.18. The Labute approximate surface area is 170 Å². The van der Waals surface area contributed by atoms with E-state index in [9.17, 15) is 22.1 Å². The van der Waals surface area contributed by atoms with Crippen molar-refractivity contribution in [2.75, 3.05) is 5.75 Å². The van der Waals surface area contributed by atoms with E-state index in [4.69, 9.17) is 0 Å². The van der Waals surface area contributed by atoms with Gasteiger partial charge in [-0.15, -0.1) is 0 Å². The minimum Gasteiger partial charge on any atom is -0.223 e. The van der Waals surface area contributed by atoms with Gasteiger partial charge in [-0.2, -0.15) is 5.26 Å². The van der Waals surface area contributed by atoms with Crippen molar-refractivity contribution in [3.8, 4) is 6.07 Å². The van der Waals surface area contributed by atoms with E-state index in [1.807, 2.05) is 6.07 Å². The molecule has 0 aliphatic heterocycles. The Hall–Kier alpha value is -3.21. The van der Waals surface area contributed by atoms with E-state index in [0.717, 1.165) is 0 Å². The van der Waals surface area contributed by atoms with Gasteiger partial charge in [-0.1, -0.05) is 54.6 Å². The highest BCUT2D eigenvalue weighted by Gasteiger charge is 2.27. The van der Waals surface area contributed by atoms with E-state index < -0.39 is 25.4 Å². The lowest BCUT2D eigenvalue weighted by Crippen LogP contribution is -2.16. The summed E-state index contributed by atoms with van der Waals surface area (Å²) in [6.45, 7) is 0. The molecule has 0 bridgehead atoms. The van der Waals surface area contributed by atoms with Crippen molar-refractivity contribution in [2.24, 2.45) is 0 Å². The van der Waals surface area contributed by atoms with Crippen LogP contribution in [0.1, 0.15) is 11.1 Å². The van der Waals surface area contributed by atoms with Crippen LogP contribution in [0.2, 0.25) is 0 Å². The van der Waals surface area contributed by atoms with Crippen LogP contribution in [-0.4, -0.2) is 22.6 Å². The molecule has 5 nitrogen and oxygen atoms in total. The molecule has 0 radical (unpaired) electrons. The molecule has 0 atom stereocenters. The van der Waals surface area contributed by atoms with Crippen molar-refractivity contribution < 1.29 is 16.8 Å². The van der Waals surface area contributed by atoms with Gasteiger partial charge < -0.3 is 0 Å². The first-order chi connectivity index (χ1) is 13.8. The minimum atomic E-state index is -4.09. The summed E-state index contributed by atoms with van der Waals surface area (Å²) in [4.78, 5) is -0.276. The zero-order chi connectivity index (χ0) is 20.9. The smallest absolute Gasteiger partial charge is 0.203 e. The van der Waals surface area contributed by atoms with Gasteiger partial charge in [0.2, 0.25) is 9.84 Å². The topological polar surface area (TPSA) is 92.1 Å². The molecule has 0 saturated carbocycles. The van der Waals surface area contributed by atoms with Crippen LogP contribution in [0.25, 0.3) is 6.08 Å². The molecule has 3 aromatic carbocycles. The first-order valence-electron chi connectivity index (χ1n) is 8.62. The average molecular weight is 424 g/mol. The highest BCUT2D eigenvalue weighted by Crippen LogP contribution is 2.26. The van der Waals surface area contributed by atoms with E-state index in [-0.39, 0.29) is 20.3 Å². The van der Waals surface area contributed by atoms with Crippen molar-refractivity contribution in [1.82, 2.24) is 0 Å². The Morgan fingerprint density at radius 3 is 1.86 bits per heavy atom. The molecule has 0 aliphatic rings. The molecule has 0 amide bonds. The van der Waals surface area contributed by atoms with Crippen molar-refractivity contribution >= 4 is 25.8 Å². The molecular formula is C22H17NO4S2. The number of hydrogen-bond acceptors (Lipinski definition) is 5. The summed E-state index contributed by atoms with van der Waals surface area (Å²) in [5.41, 5.74) is 0.595. The third-order valence-electron chi connectivity index (χ3n) is 4.23. The number of hydrogen-bond donors (Lipinski definition) is 0. The average Bonchev–Trinajstić information content (AvgIpc) is 2.75. The standard InChI is InChI=1S/C22H17NO4S2/c23-16-19-10-8-7-9-18(19)15-22(29(26,27)21-13-5-2-6-14-21)17-28(24,25)20-11-3-1-4-12-20/h1-15H,17H2/b22-15+. The third kappa shape index (κ3) is 4.62. The van der Waals surface area contributed by atoms with E-state index in [0.29, 0.717) is 5.56 Å². The van der Waals surface area contributed by atoms with Crippen LogP contribution in [0.15, 0.2) is 99.6 Å². The highest BCUT2D eigenvalue weighted by molar-refractivity contribution is 7.98. The second-order valence-electron chi connectivity index (χ2n) is 6.20. The van der Waals surface area contributed by atoms with Gasteiger partial charge >= 0.3 is 0 Å². The maximum Gasteiger partial charge on any atom is 0.203 e. The van der Waals surface area contributed by atoms with Crippen molar-refractivity contribution in [2.45, 2.75) is 9.79 Å². The fraction of sp³-hybridized carbons (Fsp3) is 0.0455. The molecule has 0 aliphatic carbocycles. The van der Waals surface area contributed by atoms with Crippen LogP contribution in [-0.2, 0) is 19.7 Å². The molecule has 0 saturated heterocycles. The molecule has 3 aromatic rings. The minimum absolute atomic E-state index is 0.0102. The molecule has 3 rings (SSSR count). The van der Waals surface area contributed by atoms with E-state index in [1.54, 1.807) is 60.7 Å². The van der Waals surface area contributed by atoms with Crippen LogP contribution in [0.3, 0.4) is 0 Å². The van der Waals surface area contributed by atoms with Gasteiger partial charge in [-0.25, -0.2) is 16.8 Å². The van der Waals surface area contributed by atoms with Gasteiger partial charge in [0.15, 0.2) is 9.84 Å². The molecule has 0 N–H and O–H groups in total. The summed E-state index contributed by atoms with van der Waals surface area (Å²) in [5.74, 6) is -0.714. The van der Waals surface area contributed by atoms with Gasteiger partial charge in [-0.05, 0) is 42.0 Å². The molecule has 0 aromatic heterocycles. The summed E-state index contributed by atoms with van der Waals surface area (Å²) < 4.78 is 52.2. The lowest BCUT2D eigenvalue weighted by atomic mass is 10.1. The summed E-state index contributed by atoms with van der Waals surface area (Å²) in [6, 6.07) is 23.7.